The van der Waals surface area contributed by atoms with Crippen molar-refractivity contribution in [2.24, 2.45) is 0 Å². The molecule has 8 heteroatoms. The van der Waals surface area contributed by atoms with E-state index in [1.165, 1.54) is 12.3 Å². The fraction of sp³-hybridized carbons (Fsp3) is 0.278. The van der Waals surface area contributed by atoms with Crippen LogP contribution in [0.5, 0.6) is 0 Å². The minimum absolute atomic E-state index is 0.164. The van der Waals surface area contributed by atoms with Crippen LogP contribution in [0.4, 0.5) is 13.2 Å². The van der Waals surface area contributed by atoms with Gasteiger partial charge in [0.15, 0.2) is 0 Å². The number of carbonyl (C=O) groups is 1. The van der Waals surface area contributed by atoms with Crippen LogP contribution in [-0.4, -0.2) is 20.3 Å². The van der Waals surface area contributed by atoms with Crippen LogP contribution in [0.3, 0.4) is 0 Å². The molecular formula is C18H17F3N4O. The number of nitrogens with one attached hydrogen (secondary N) is 1. The first-order chi connectivity index (χ1) is 12.4. The fourth-order valence-corrected chi connectivity index (χ4v) is 2.71. The van der Waals surface area contributed by atoms with Gasteiger partial charge in [-0.25, -0.2) is 9.97 Å². The summed E-state index contributed by atoms with van der Waals surface area (Å²) in [4.78, 5) is 20.7. The number of amides is 1. The summed E-state index contributed by atoms with van der Waals surface area (Å²) < 4.78 is 40.5. The van der Waals surface area contributed by atoms with E-state index in [1.807, 2.05) is 6.92 Å². The van der Waals surface area contributed by atoms with Gasteiger partial charge in [-0.2, -0.15) is 13.2 Å². The molecule has 0 spiro atoms. The molecule has 2 aromatic heterocycles. The quantitative estimate of drug-likeness (QED) is 0.746. The molecule has 1 aromatic carbocycles. The van der Waals surface area contributed by atoms with Gasteiger partial charge in [0.05, 0.1) is 11.6 Å². The van der Waals surface area contributed by atoms with Crippen LogP contribution in [0.25, 0.3) is 5.78 Å². The van der Waals surface area contributed by atoms with Gasteiger partial charge in [0, 0.05) is 18.6 Å². The van der Waals surface area contributed by atoms with Gasteiger partial charge >= 0.3 is 6.18 Å². The number of halogens is 3. The van der Waals surface area contributed by atoms with Crippen molar-refractivity contribution in [3.8, 4) is 0 Å². The molecule has 0 saturated carbocycles. The Kier molecular flexibility index (Phi) is 4.92. The maximum Gasteiger partial charge on any atom is 0.416 e. The van der Waals surface area contributed by atoms with E-state index in [4.69, 9.17) is 0 Å². The van der Waals surface area contributed by atoms with Gasteiger partial charge in [-0.1, -0.05) is 25.5 Å². The zero-order valence-electron chi connectivity index (χ0n) is 14.0. The van der Waals surface area contributed by atoms with Crippen molar-refractivity contribution in [1.82, 2.24) is 19.7 Å². The number of fused-ring (bicyclic) bond motifs is 1. The van der Waals surface area contributed by atoms with Crippen molar-refractivity contribution in [3.63, 3.8) is 0 Å². The fourth-order valence-electron chi connectivity index (χ4n) is 2.71. The van der Waals surface area contributed by atoms with Crippen molar-refractivity contribution in [2.75, 3.05) is 0 Å². The van der Waals surface area contributed by atoms with Gasteiger partial charge in [0.25, 0.3) is 5.91 Å². The third-order valence-electron chi connectivity index (χ3n) is 3.97. The smallest absolute Gasteiger partial charge is 0.344 e. The second-order valence-electron chi connectivity index (χ2n) is 5.89. The van der Waals surface area contributed by atoms with Gasteiger partial charge in [0.2, 0.25) is 5.78 Å². The van der Waals surface area contributed by atoms with E-state index in [9.17, 15) is 18.0 Å². The van der Waals surface area contributed by atoms with Gasteiger partial charge in [0.1, 0.15) is 5.69 Å². The van der Waals surface area contributed by atoms with E-state index in [0.29, 0.717) is 24.2 Å². The molecule has 0 fully saturated rings. The number of benzene rings is 1. The van der Waals surface area contributed by atoms with Crippen LogP contribution in [0.2, 0.25) is 0 Å². The summed E-state index contributed by atoms with van der Waals surface area (Å²) in [5.41, 5.74) is -0.157. The summed E-state index contributed by atoms with van der Waals surface area (Å²) in [7, 11) is 0. The van der Waals surface area contributed by atoms with Crippen LogP contribution in [0, 0.1) is 0 Å². The van der Waals surface area contributed by atoms with E-state index in [1.54, 1.807) is 28.9 Å². The molecule has 136 valence electrons. The highest BCUT2D eigenvalue weighted by atomic mass is 19.4. The minimum atomic E-state index is -4.43. The number of hydrogen-bond donors (Lipinski definition) is 1. The molecule has 5 nitrogen and oxygen atoms in total. The van der Waals surface area contributed by atoms with Crippen molar-refractivity contribution in [3.05, 3.63) is 65.7 Å². The molecular weight excluding hydrogens is 345 g/mol. The summed E-state index contributed by atoms with van der Waals surface area (Å²) in [6.45, 7) is 1.90. The van der Waals surface area contributed by atoms with Crippen LogP contribution in [0.1, 0.15) is 47.4 Å². The predicted molar refractivity (Wildman–Crippen MR) is 89.5 cm³/mol. The minimum Gasteiger partial charge on any atom is -0.344 e. The number of rotatable bonds is 5. The van der Waals surface area contributed by atoms with Gasteiger partial charge in [-0.05, 0) is 30.2 Å². The monoisotopic (exact) mass is 362 g/mol. The number of hydrogen-bond acceptors (Lipinski definition) is 3. The molecule has 0 unspecified atom stereocenters. The normalized spacial score (nSPS) is 12.9. The SMILES string of the molecule is CCC[C@H](NC(=O)c1cn2cccnc2n1)c1cccc(C(F)(F)F)c1. The van der Waals surface area contributed by atoms with Gasteiger partial charge in [-0.15, -0.1) is 0 Å². The Morgan fingerprint density at radius 3 is 2.81 bits per heavy atom. The first-order valence-electron chi connectivity index (χ1n) is 8.16. The van der Waals surface area contributed by atoms with E-state index < -0.39 is 23.7 Å². The van der Waals surface area contributed by atoms with Crippen molar-refractivity contribution >= 4 is 11.7 Å². The van der Waals surface area contributed by atoms with E-state index >= 15 is 0 Å². The lowest BCUT2D eigenvalue weighted by atomic mass is 9.99. The third-order valence-corrected chi connectivity index (χ3v) is 3.97. The maximum absolute atomic E-state index is 13.0. The zero-order valence-corrected chi connectivity index (χ0v) is 14.0. The van der Waals surface area contributed by atoms with Gasteiger partial charge < -0.3 is 5.32 Å². The molecule has 1 amide bonds. The molecule has 0 radical (unpaired) electrons. The molecule has 0 saturated heterocycles. The summed E-state index contributed by atoms with van der Waals surface area (Å²) in [6, 6.07) is 6.20. The first kappa shape index (κ1) is 17.9. The summed E-state index contributed by atoms with van der Waals surface area (Å²) in [6.07, 6.45) is 1.60. The van der Waals surface area contributed by atoms with E-state index in [-0.39, 0.29) is 5.69 Å². The van der Waals surface area contributed by atoms with E-state index in [0.717, 1.165) is 12.1 Å². The number of aromatic nitrogens is 3. The first-order valence-corrected chi connectivity index (χ1v) is 8.16. The average molecular weight is 362 g/mol. The Balaban J connectivity index is 1.85. The summed E-state index contributed by atoms with van der Waals surface area (Å²) in [5, 5.41) is 2.78. The van der Waals surface area contributed by atoms with Crippen LogP contribution in [0.15, 0.2) is 48.9 Å². The Labute approximate surface area is 147 Å². The number of nitrogens with zero attached hydrogens (tertiary/aromatic N) is 3. The lowest BCUT2D eigenvalue weighted by Gasteiger charge is -2.19. The Bertz CT molecular complexity index is 887. The molecule has 0 aliphatic rings. The van der Waals surface area contributed by atoms with Crippen molar-refractivity contribution < 1.29 is 18.0 Å². The number of carbonyl (C=O) groups excluding carboxylic acids is 1. The molecule has 26 heavy (non-hydrogen) atoms. The average Bonchev–Trinajstić information content (AvgIpc) is 3.05. The molecule has 1 N–H and O–H groups in total. The second kappa shape index (κ2) is 7.15. The molecule has 0 aliphatic carbocycles. The summed E-state index contributed by atoms with van der Waals surface area (Å²) >= 11 is 0. The Morgan fingerprint density at radius 1 is 1.31 bits per heavy atom. The van der Waals surface area contributed by atoms with Crippen LogP contribution >= 0.6 is 0 Å². The van der Waals surface area contributed by atoms with Gasteiger partial charge in [-0.3, -0.25) is 9.20 Å². The zero-order chi connectivity index (χ0) is 18.7. The summed E-state index contributed by atoms with van der Waals surface area (Å²) in [5.74, 6) is -0.0740. The molecule has 2 heterocycles. The largest absolute Gasteiger partial charge is 0.416 e. The molecule has 0 bridgehead atoms. The number of alkyl halides is 3. The lowest BCUT2D eigenvalue weighted by Crippen LogP contribution is -2.29. The topological polar surface area (TPSA) is 59.3 Å². The maximum atomic E-state index is 13.0. The molecule has 0 aliphatic heterocycles. The highest BCUT2D eigenvalue weighted by Crippen LogP contribution is 2.31. The molecule has 3 aromatic rings. The van der Waals surface area contributed by atoms with Crippen molar-refractivity contribution in [2.45, 2.75) is 32.0 Å². The Hall–Kier alpha value is -2.90. The lowest BCUT2D eigenvalue weighted by molar-refractivity contribution is -0.137. The van der Waals surface area contributed by atoms with Crippen LogP contribution in [-0.2, 0) is 6.18 Å². The van der Waals surface area contributed by atoms with E-state index in [2.05, 4.69) is 15.3 Å². The van der Waals surface area contributed by atoms with Crippen molar-refractivity contribution in [1.29, 1.82) is 0 Å². The predicted octanol–water partition coefficient (Wildman–Crippen LogP) is 4.02. The molecule has 1 atom stereocenters. The standard InChI is InChI=1S/C18H17F3N4O/c1-2-5-14(12-6-3-7-13(10-12)18(19,20)21)23-16(26)15-11-25-9-4-8-22-17(25)24-15/h3-4,6-11,14H,2,5H2,1H3,(H,23,26)/t14-/m0/s1. The van der Waals surface area contributed by atoms with Crippen LogP contribution < -0.4 is 5.32 Å². The highest BCUT2D eigenvalue weighted by molar-refractivity contribution is 5.93. The highest BCUT2D eigenvalue weighted by Gasteiger charge is 2.31. The number of imidazole rings is 1. The third kappa shape index (κ3) is 3.84. The Morgan fingerprint density at radius 2 is 2.12 bits per heavy atom. The molecule has 3 rings (SSSR count). The second-order valence-corrected chi connectivity index (χ2v) is 5.89.